The average Bonchev–Trinajstić information content (AvgIpc) is 3.57. The number of thiazole rings is 1. The number of aryl methyl sites for hydroxylation is 1. The fourth-order valence-electron chi connectivity index (χ4n) is 4.91. The van der Waals surface area contributed by atoms with Gasteiger partial charge < -0.3 is 27.0 Å². The summed E-state index contributed by atoms with van der Waals surface area (Å²) in [6.45, 7) is 12.6. The molecule has 0 spiro atoms. The van der Waals surface area contributed by atoms with Crippen LogP contribution in [-0.4, -0.2) is 11.0 Å². The number of alkyl halides is 3. The summed E-state index contributed by atoms with van der Waals surface area (Å²) in [7, 11) is 0. The van der Waals surface area contributed by atoms with E-state index >= 15 is 0 Å². The summed E-state index contributed by atoms with van der Waals surface area (Å²) in [6, 6.07) is 22.1. The summed E-state index contributed by atoms with van der Waals surface area (Å²) in [5.74, 6) is 0. The molecule has 12 heteroatoms. The van der Waals surface area contributed by atoms with Crippen LogP contribution in [0.25, 0.3) is 23.4 Å². The molecule has 0 amide bonds. The second-order valence-corrected chi connectivity index (χ2v) is 12.1. The van der Waals surface area contributed by atoms with Gasteiger partial charge in [0.15, 0.2) is 5.69 Å². The summed E-state index contributed by atoms with van der Waals surface area (Å²) in [5, 5.41) is 8.57. The number of rotatable bonds is 13. The summed E-state index contributed by atoms with van der Waals surface area (Å²) in [6.07, 6.45) is 2.59. The van der Waals surface area contributed by atoms with Crippen molar-refractivity contribution in [2.75, 3.05) is 37.9 Å². The van der Waals surface area contributed by atoms with Crippen LogP contribution in [0, 0.1) is 6.92 Å². The fourth-order valence-corrected chi connectivity index (χ4v) is 5.58. The normalized spacial score (nSPS) is 12.6. The Morgan fingerprint density at radius 1 is 0.833 bits per heavy atom. The molecule has 5 rings (SSSR count). The van der Waals surface area contributed by atoms with Gasteiger partial charge in [0.1, 0.15) is 0 Å². The van der Waals surface area contributed by atoms with Crippen LogP contribution in [0.3, 0.4) is 0 Å². The van der Waals surface area contributed by atoms with E-state index in [9.17, 15) is 13.2 Å². The SMILES string of the molecule is C=c1c(NC(C)CC)ccc(NNc2ccc(NNc3ccc(NNc4nc(C(F)(F)F)cs4)cc3C)c3ccccc23)/c1=C/C=C\C. The molecule has 0 aliphatic rings. The second-order valence-electron chi connectivity index (χ2n) is 11.2. The zero-order valence-corrected chi connectivity index (χ0v) is 28.0. The number of nitrogens with one attached hydrogen (secondary N) is 7. The monoisotopic (exact) mass is 672 g/mol. The standard InChI is InChI=1S/C36H39F3N8S/c1-6-8-11-26-24(5)30(40-23(4)7-2)16-17-31(26)44-46-33-19-18-32(27-12-9-10-13-28(27)33)45-43-29-15-14-25(20-22(29)3)42-47-35-41-34(21-48-35)36(37,38)39/h6,8-21,23,40,42-46H,5,7H2,1-4H3,(H,41,47)/b8-6-,26-11+. The molecule has 1 atom stereocenters. The van der Waals surface area contributed by atoms with Gasteiger partial charge >= 0.3 is 6.18 Å². The smallest absolute Gasteiger partial charge is 0.382 e. The molecule has 1 aromatic heterocycles. The molecule has 48 heavy (non-hydrogen) atoms. The molecule has 0 saturated heterocycles. The molecule has 4 aromatic carbocycles. The molecule has 0 aliphatic carbocycles. The van der Waals surface area contributed by atoms with Crippen LogP contribution in [0.4, 0.5) is 52.4 Å². The van der Waals surface area contributed by atoms with Crippen LogP contribution in [-0.2, 0) is 6.18 Å². The zero-order chi connectivity index (χ0) is 34.3. The van der Waals surface area contributed by atoms with Gasteiger partial charge in [0.25, 0.3) is 0 Å². The number of fused-ring (bicyclic) bond motifs is 1. The van der Waals surface area contributed by atoms with Gasteiger partial charge in [-0.15, -0.1) is 11.3 Å². The molecule has 0 saturated carbocycles. The molecular weight excluding hydrogens is 634 g/mol. The van der Waals surface area contributed by atoms with Crippen molar-refractivity contribution in [3.05, 3.63) is 106 Å². The first-order valence-corrected chi connectivity index (χ1v) is 16.4. The van der Waals surface area contributed by atoms with E-state index in [1.54, 1.807) is 0 Å². The highest BCUT2D eigenvalue weighted by atomic mass is 32.1. The topological polar surface area (TPSA) is 97.1 Å². The predicted molar refractivity (Wildman–Crippen MR) is 198 cm³/mol. The Kier molecular flexibility index (Phi) is 10.6. The first-order chi connectivity index (χ1) is 23.1. The molecule has 0 fully saturated rings. The number of hydrogen-bond acceptors (Lipinski definition) is 9. The number of aromatic nitrogens is 1. The van der Waals surface area contributed by atoms with Crippen LogP contribution < -0.4 is 48.3 Å². The molecular formula is C36H39F3N8S. The maximum atomic E-state index is 12.8. The first kappa shape index (κ1) is 34.0. The molecule has 0 aliphatic heterocycles. The summed E-state index contributed by atoms with van der Waals surface area (Å²) in [4.78, 5) is 3.57. The van der Waals surface area contributed by atoms with Gasteiger partial charge in [0.05, 0.1) is 28.4 Å². The highest BCUT2D eigenvalue weighted by molar-refractivity contribution is 7.13. The largest absolute Gasteiger partial charge is 0.434 e. The van der Waals surface area contributed by atoms with E-state index in [0.717, 1.165) is 78.3 Å². The quantitative estimate of drug-likeness (QED) is 0.0624. The maximum Gasteiger partial charge on any atom is 0.434 e. The zero-order valence-electron chi connectivity index (χ0n) is 27.1. The second kappa shape index (κ2) is 15.0. The third-order valence-electron chi connectivity index (χ3n) is 7.75. The third-order valence-corrected chi connectivity index (χ3v) is 8.51. The van der Waals surface area contributed by atoms with Crippen molar-refractivity contribution in [2.24, 2.45) is 0 Å². The lowest BCUT2D eigenvalue weighted by atomic mass is 10.1. The molecule has 7 N–H and O–H groups in total. The Morgan fingerprint density at radius 2 is 1.44 bits per heavy atom. The number of nitrogens with zero attached hydrogens (tertiary/aromatic N) is 1. The molecule has 5 aromatic rings. The van der Waals surface area contributed by atoms with E-state index in [0.29, 0.717) is 11.7 Å². The molecule has 0 radical (unpaired) electrons. The van der Waals surface area contributed by atoms with E-state index < -0.39 is 11.9 Å². The van der Waals surface area contributed by atoms with Crippen molar-refractivity contribution in [1.82, 2.24) is 4.98 Å². The van der Waals surface area contributed by atoms with Crippen LogP contribution in [0.5, 0.6) is 0 Å². The van der Waals surface area contributed by atoms with Crippen LogP contribution >= 0.6 is 11.3 Å². The van der Waals surface area contributed by atoms with Gasteiger partial charge in [-0.25, -0.2) is 4.98 Å². The van der Waals surface area contributed by atoms with Crippen molar-refractivity contribution >= 4 is 74.0 Å². The van der Waals surface area contributed by atoms with E-state index in [1.807, 2.05) is 80.6 Å². The van der Waals surface area contributed by atoms with Crippen LogP contribution in [0.2, 0.25) is 0 Å². The minimum absolute atomic E-state index is 0.121. The van der Waals surface area contributed by atoms with Gasteiger partial charge in [-0.2, -0.15) is 13.2 Å². The summed E-state index contributed by atoms with van der Waals surface area (Å²) in [5.41, 5.74) is 24.3. The van der Waals surface area contributed by atoms with E-state index in [-0.39, 0.29) is 5.13 Å². The van der Waals surface area contributed by atoms with Crippen molar-refractivity contribution in [1.29, 1.82) is 0 Å². The number of hydrogen-bond donors (Lipinski definition) is 7. The minimum atomic E-state index is -4.48. The number of allylic oxidation sites excluding steroid dienone is 2. The van der Waals surface area contributed by atoms with E-state index in [4.69, 9.17) is 0 Å². The maximum absolute atomic E-state index is 12.8. The molecule has 1 unspecified atom stereocenters. The van der Waals surface area contributed by atoms with Crippen LogP contribution in [0.15, 0.2) is 84.3 Å². The van der Waals surface area contributed by atoms with Gasteiger partial charge in [0.2, 0.25) is 5.13 Å². The molecule has 1 heterocycles. The Labute approximate surface area is 281 Å². The highest BCUT2D eigenvalue weighted by Gasteiger charge is 2.33. The Hall–Kier alpha value is -5.36. The van der Waals surface area contributed by atoms with Crippen molar-refractivity contribution in [2.45, 2.75) is 46.3 Å². The number of anilines is 7. The number of hydrazine groups is 3. The lowest BCUT2D eigenvalue weighted by Crippen LogP contribution is -2.32. The van der Waals surface area contributed by atoms with Gasteiger partial charge in [-0.3, -0.25) is 10.9 Å². The molecule has 0 bridgehead atoms. The van der Waals surface area contributed by atoms with Crippen molar-refractivity contribution in [3.8, 4) is 0 Å². The summed E-state index contributed by atoms with van der Waals surface area (Å²) < 4.78 is 38.5. The Bertz CT molecular complexity index is 2020. The van der Waals surface area contributed by atoms with Crippen LogP contribution in [0.1, 0.15) is 38.4 Å². The van der Waals surface area contributed by atoms with Gasteiger partial charge in [-0.1, -0.05) is 56.0 Å². The fraction of sp³-hybridized carbons (Fsp3) is 0.194. The van der Waals surface area contributed by atoms with Crippen molar-refractivity contribution in [3.63, 3.8) is 0 Å². The molecule has 8 nitrogen and oxygen atoms in total. The first-order valence-electron chi connectivity index (χ1n) is 15.5. The summed E-state index contributed by atoms with van der Waals surface area (Å²) >= 11 is 0.875. The lowest BCUT2D eigenvalue weighted by Gasteiger charge is -2.19. The number of benzene rings is 4. The third kappa shape index (κ3) is 8.13. The van der Waals surface area contributed by atoms with E-state index in [1.165, 1.54) is 0 Å². The lowest BCUT2D eigenvalue weighted by molar-refractivity contribution is -0.140. The minimum Gasteiger partial charge on any atom is -0.382 e. The van der Waals surface area contributed by atoms with Gasteiger partial charge in [0, 0.05) is 33.1 Å². The highest BCUT2D eigenvalue weighted by Crippen LogP contribution is 2.32. The Morgan fingerprint density at radius 3 is 2.04 bits per heavy atom. The van der Waals surface area contributed by atoms with Gasteiger partial charge in [-0.05, 0) is 80.4 Å². The predicted octanol–water partition coefficient (Wildman–Crippen LogP) is 8.92. The number of halogens is 3. The molecule has 250 valence electrons. The van der Waals surface area contributed by atoms with Crippen molar-refractivity contribution < 1.29 is 13.2 Å². The van der Waals surface area contributed by atoms with E-state index in [2.05, 4.69) is 81.5 Å². The average molecular weight is 673 g/mol. The Balaban J connectivity index is 1.28.